The molecule has 0 spiro atoms. The van der Waals surface area contributed by atoms with E-state index in [-0.39, 0.29) is 11.9 Å². The van der Waals surface area contributed by atoms with Gasteiger partial charge in [-0.15, -0.1) is 11.3 Å². The molecule has 0 unspecified atom stereocenters. The highest BCUT2D eigenvalue weighted by molar-refractivity contribution is 7.16. The minimum absolute atomic E-state index is 0.0858. The zero-order chi connectivity index (χ0) is 17.7. The van der Waals surface area contributed by atoms with Gasteiger partial charge in [-0.3, -0.25) is 9.69 Å². The molecule has 1 heterocycles. The maximum absolute atomic E-state index is 12.5. The Bertz CT molecular complexity index is 744. The molecule has 2 aromatic rings. The lowest BCUT2D eigenvalue weighted by Gasteiger charge is -2.25. The summed E-state index contributed by atoms with van der Waals surface area (Å²) < 4.78 is 0. The second kappa shape index (κ2) is 8.09. The summed E-state index contributed by atoms with van der Waals surface area (Å²) in [5.74, 6) is -0.0858. The molecule has 0 saturated carbocycles. The molecule has 0 radical (unpaired) electrons. The van der Waals surface area contributed by atoms with Crippen LogP contribution in [-0.4, -0.2) is 23.4 Å². The third-order valence-corrected chi connectivity index (χ3v) is 5.18. The smallest absolute Gasteiger partial charge is 0.239 e. The molecule has 1 aromatic carbocycles. The normalized spacial score (nSPS) is 10.9. The van der Waals surface area contributed by atoms with Crippen molar-refractivity contribution < 1.29 is 4.79 Å². The zero-order valence-electron chi connectivity index (χ0n) is 14.6. The van der Waals surface area contributed by atoms with Crippen LogP contribution in [-0.2, 0) is 11.3 Å². The average molecular weight is 341 g/mol. The lowest BCUT2D eigenvalue weighted by Crippen LogP contribution is -2.37. The van der Waals surface area contributed by atoms with E-state index in [1.165, 1.54) is 16.9 Å². The zero-order valence-corrected chi connectivity index (χ0v) is 15.4. The highest BCUT2D eigenvalue weighted by atomic mass is 32.1. The number of nitrogens with one attached hydrogen (secondary N) is 1. The molecule has 24 heavy (non-hydrogen) atoms. The molecule has 0 aliphatic rings. The molecule has 126 valence electrons. The molecule has 0 saturated heterocycles. The summed E-state index contributed by atoms with van der Waals surface area (Å²) in [6.07, 6.45) is 0. The molecule has 0 fully saturated rings. The molecule has 0 atom stereocenters. The number of rotatable bonds is 6. The fraction of sp³-hybridized carbons (Fsp3) is 0.368. The van der Waals surface area contributed by atoms with Crippen molar-refractivity contribution in [2.75, 3.05) is 11.9 Å². The van der Waals surface area contributed by atoms with Gasteiger partial charge in [0.1, 0.15) is 11.1 Å². The number of thiophene rings is 1. The maximum Gasteiger partial charge on any atom is 0.239 e. The quantitative estimate of drug-likeness (QED) is 0.861. The topological polar surface area (TPSA) is 56.1 Å². The second-order valence-corrected chi connectivity index (χ2v) is 7.36. The largest absolute Gasteiger partial charge is 0.315 e. The summed E-state index contributed by atoms with van der Waals surface area (Å²) in [7, 11) is 0. The predicted octanol–water partition coefficient (Wildman–Crippen LogP) is 4.09. The lowest BCUT2D eigenvalue weighted by molar-refractivity contribution is -0.117. The van der Waals surface area contributed by atoms with Crippen molar-refractivity contribution in [3.8, 4) is 6.07 Å². The van der Waals surface area contributed by atoms with Crippen LogP contribution in [0.3, 0.4) is 0 Å². The van der Waals surface area contributed by atoms with Gasteiger partial charge in [0.2, 0.25) is 5.91 Å². The number of aryl methyl sites for hydroxylation is 1. The van der Waals surface area contributed by atoms with E-state index < -0.39 is 0 Å². The van der Waals surface area contributed by atoms with Crippen LogP contribution in [0.2, 0.25) is 0 Å². The molecule has 2 rings (SSSR count). The molecular formula is C19H23N3OS. The summed E-state index contributed by atoms with van der Waals surface area (Å²) in [5.41, 5.74) is 2.70. The highest BCUT2D eigenvalue weighted by Gasteiger charge is 2.18. The van der Waals surface area contributed by atoms with Gasteiger partial charge in [0.05, 0.1) is 12.1 Å². The Hall–Kier alpha value is -2.16. The molecule has 0 aliphatic carbocycles. The molecule has 0 aliphatic heterocycles. The van der Waals surface area contributed by atoms with Gasteiger partial charge in [-0.25, -0.2) is 0 Å². The SMILES string of the molecule is Cc1sc(NC(=O)CN(Cc2ccccc2)C(C)C)c(C#N)c1C. The second-order valence-electron chi connectivity index (χ2n) is 6.13. The molecular weight excluding hydrogens is 318 g/mol. The van der Waals surface area contributed by atoms with Gasteiger partial charge in [-0.2, -0.15) is 5.26 Å². The Morgan fingerprint density at radius 3 is 2.54 bits per heavy atom. The summed E-state index contributed by atoms with van der Waals surface area (Å²) in [5, 5.41) is 12.8. The Morgan fingerprint density at radius 2 is 1.96 bits per heavy atom. The van der Waals surface area contributed by atoms with Gasteiger partial charge in [-0.1, -0.05) is 30.3 Å². The summed E-state index contributed by atoms with van der Waals surface area (Å²) in [4.78, 5) is 15.6. The van der Waals surface area contributed by atoms with E-state index in [1.54, 1.807) is 0 Å². The van der Waals surface area contributed by atoms with Crippen LogP contribution >= 0.6 is 11.3 Å². The number of hydrogen-bond donors (Lipinski definition) is 1. The molecule has 0 bridgehead atoms. The first kappa shape index (κ1) is 18.2. The van der Waals surface area contributed by atoms with Crippen LogP contribution in [0.4, 0.5) is 5.00 Å². The third kappa shape index (κ3) is 4.44. The monoisotopic (exact) mass is 341 g/mol. The van der Waals surface area contributed by atoms with E-state index >= 15 is 0 Å². The van der Waals surface area contributed by atoms with Gasteiger partial charge < -0.3 is 5.32 Å². The third-order valence-electron chi connectivity index (χ3n) is 4.06. The van der Waals surface area contributed by atoms with Gasteiger partial charge >= 0.3 is 0 Å². The highest BCUT2D eigenvalue weighted by Crippen LogP contribution is 2.31. The predicted molar refractivity (Wildman–Crippen MR) is 99.1 cm³/mol. The number of carbonyl (C=O) groups excluding carboxylic acids is 1. The first-order chi connectivity index (χ1) is 11.4. The number of benzene rings is 1. The van der Waals surface area contributed by atoms with Crippen LogP contribution in [0.25, 0.3) is 0 Å². The first-order valence-electron chi connectivity index (χ1n) is 8.00. The van der Waals surface area contributed by atoms with Crippen LogP contribution < -0.4 is 5.32 Å². The summed E-state index contributed by atoms with van der Waals surface area (Å²) >= 11 is 1.46. The van der Waals surface area contributed by atoms with Crippen molar-refractivity contribution in [2.24, 2.45) is 0 Å². The molecule has 1 amide bonds. The van der Waals surface area contributed by atoms with Crippen molar-refractivity contribution in [1.82, 2.24) is 4.90 Å². The van der Waals surface area contributed by atoms with Crippen molar-refractivity contribution in [1.29, 1.82) is 5.26 Å². The molecule has 5 heteroatoms. The average Bonchev–Trinajstić information content (AvgIpc) is 2.81. The van der Waals surface area contributed by atoms with Crippen LogP contribution in [0.1, 0.15) is 35.4 Å². The van der Waals surface area contributed by atoms with E-state index in [0.717, 1.165) is 17.0 Å². The van der Waals surface area contributed by atoms with E-state index in [1.807, 2.05) is 32.0 Å². The molecule has 1 N–H and O–H groups in total. The Kier molecular flexibility index (Phi) is 6.13. The number of nitriles is 1. The van der Waals surface area contributed by atoms with E-state index in [9.17, 15) is 10.1 Å². The Balaban J connectivity index is 2.06. The van der Waals surface area contributed by atoms with E-state index in [0.29, 0.717) is 17.1 Å². The Labute approximate surface area is 147 Å². The fourth-order valence-electron chi connectivity index (χ4n) is 2.44. The van der Waals surface area contributed by atoms with Gasteiger partial charge in [0.15, 0.2) is 0 Å². The number of nitrogens with zero attached hydrogens (tertiary/aromatic N) is 2. The standard InChI is InChI=1S/C19H23N3OS/c1-13(2)22(11-16-8-6-5-7-9-16)12-18(23)21-19-17(10-20)14(3)15(4)24-19/h5-9,13H,11-12H2,1-4H3,(H,21,23). The van der Waals surface area contributed by atoms with Crippen molar-refractivity contribution in [3.05, 3.63) is 51.9 Å². The summed E-state index contributed by atoms with van der Waals surface area (Å²) in [6, 6.07) is 12.6. The fourth-order valence-corrected chi connectivity index (χ4v) is 3.47. The molecule has 4 nitrogen and oxygen atoms in total. The van der Waals surface area contributed by atoms with Gasteiger partial charge in [0, 0.05) is 17.5 Å². The number of anilines is 1. The van der Waals surface area contributed by atoms with Crippen LogP contribution in [0, 0.1) is 25.2 Å². The maximum atomic E-state index is 12.5. The van der Waals surface area contributed by atoms with Crippen molar-refractivity contribution in [2.45, 2.75) is 40.3 Å². The number of hydrogen-bond acceptors (Lipinski definition) is 4. The molecule has 1 aromatic heterocycles. The van der Waals surface area contributed by atoms with Crippen LogP contribution in [0.5, 0.6) is 0 Å². The van der Waals surface area contributed by atoms with Gasteiger partial charge in [0.25, 0.3) is 0 Å². The Morgan fingerprint density at radius 1 is 1.29 bits per heavy atom. The first-order valence-corrected chi connectivity index (χ1v) is 8.82. The lowest BCUT2D eigenvalue weighted by atomic mass is 10.2. The van der Waals surface area contributed by atoms with Gasteiger partial charge in [-0.05, 0) is 38.8 Å². The van der Waals surface area contributed by atoms with E-state index in [4.69, 9.17) is 0 Å². The van der Waals surface area contributed by atoms with Crippen molar-refractivity contribution in [3.63, 3.8) is 0 Å². The van der Waals surface area contributed by atoms with Crippen LogP contribution in [0.15, 0.2) is 30.3 Å². The summed E-state index contributed by atoms with van der Waals surface area (Å²) in [6.45, 7) is 9.06. The van der Waals surface area contributed by atoms with E-state index in [2.05, 4.69) is 42.3 Å². The minimum atomic E-state index is -0.0858. The minimum Gasteiger partial charge on any atom is -0.315 e. The van der Waals surface area contributed by atoms with Crippen molar-refractivity contribution >= 4 is 22.2 Å². The number of amides is 1. The number of carbonyl (C=O) groups is 1.